The van der Waals surface area contributed by atoms with Gasteiger partial charge >= 0.3 is 11.6 Å². The zero-order valence-corrected chi connectivity index (χ0v) is 8.00. The van der Waals surface area contributed by atoms with Gasteiger partial charge in [0.2, 0.25) is 6.29 Å². The Morgan fingerprint density at radius 1 is 1.35 bits per heavy atom. The molecule has 17 heavy (non-hydrogen) atoms. The van der Waals surface area contributed by atoms with Gasteiger partial charge in [0.05, 0.1) is 6.42 Å². The van der Waals surface area contributed by atoms with Crippen molar-refractivity contribution in [3.63, 3.8) is 0 Å². The van der Waals surface area contributed by atoms with E-state index in [-0.39, 0.29) is 6.08 Å². The summed E-state index contributed by atoms with van der Waals surface area (Å²) in [6.45, 7) is 0. The summed E-state index contributed by atoms with van der Waals surface area (Å²) >= 11 is 0. The molecule has 0 aromatic carbocycles. The molecule has 0 fully saturated rings. The lowest BCUT2D eigenvalue weighted by Crippen LogP contribution is -2.65. The molecule has 1 radical (unpaired) electrons. The predicted molar refractivity (Wildman–Crippen MR) is 48.6 cm³/mol. The smallest absolute Gasteiger partial charge is 0.290 e. The number of nitrogens with zero attached hydrogens (tertiary/aromatic N) is 3. The molecule has 8 nitrogen and oxygen atoms in total. The van der Waals surface area contributed by atoms with Gasteiger partial charge < -0.3 is 0 Å². The van der Waals surface area contributed by atoms with Crippen LogP contribution >= 0.6 is 0 Å². The number of aliphatic imine (C=N–C) groups is 1. The number of nitro groups is 2. The summed E-state index contributed by atoms with van der Waals surface area (Å²) < 4.78 is 26.8. The maximum atomic E-state index is 13.4. The van der Waals surface area contributed by atoms with E-state index in [0.717, 1.165) is 6.29 Å². The van der Waals surface area contributed by atoms with Gasteiger partial charge in [-0.05, 0) is 0 Å². The van der Waals surface area contributed by atoms with Crippen LogP contribution in [0, 0.1) is 20.2 Å². The van der Waals surface area contributed by atoms with Gasteiger partial charge in [-0.15, -0.1) is 0 Å². The van der Waals surface area contributed by atoms with E-state index in [4.69, 9.17) is 0 Å². The van der Waals surface area contributed by atoms with Gasteiger partial charge in [0.1, 0.15) is 9.85 Å². The first-order valence-corrected chi connectivity index (χ1v) is 4.07. The SMILES string of the molecule is O=[C]CC1=NC=CC(F)(F)C1([N+](=O)[O-])[N+](=O)[O-]. The van der Waals surface area contributed by atoms with Crippen molar-refractivity contribution in [1.82, 2.24) is 0 Å². The van der Waals surface area contributed by atoms with Gasteiger partial charge in [0.15, 0.2) is 5.71 Å². The molecule has 1 aliphatic rings. The first kappa shape index (κ1) is 12.8. The van der Waals surface area contributed by atoms with E-state index in [1.807, 2.05) is 0 Å². The minimum Gasteiger partial charge on any atom is -0.290 e. The third-order valence-electron chi connectivity index (χ3n) is 2.15. The highest BCUT2D eigenvalue weighted by atomic mass is 19.3. The summed E-state index contributed by atoms with van der Waals surface area (Å²) in [4.78, 5) is 31.0. The second kappa shape index (κ2) is 3.96. The molecular formula is C7H4F2N3O5. The number of hydrogen-bond donors (Lipinski definition) is 0. The molecule has 10 heteroatoms. The standard InChI is InChI=1S/C7H4F2N3O5/c8-6(9)2-3-10-5(1-4-13)7(6,11(14)15)12(16)17/h2-3H,1H2. The summed E-state index contributed by atoms with van der Waals surface area (Å²) in [6, 6.07) is 0. The highest BCUT2D eigenvalue weighted by Crippen LogP contribution is 2.38. The number of hydrogen-bond acceptors (Lipinski definition) is 6. The Morgan fingerprint density at radius 3 is 2.29 bits per heavy atom. The molecule has 91 valence electrons. The van der Waals surface area contributed by atoms with Crippen LogP contribution in [0.15, 0.2) is 17.3 Å². The van der Waals surface area contributed by atoms with Crippen molar-refractivity contribution in [1.29, 1.82) is 0 Å². The monoisotopic (exact) mass is 248 g/mol. The van der Waals surface area contributed by atoms with Gasteiger partial charge in [0, 0.05) is 12.3 Å². The third-order valence-corrected chi connectivity index (χ3v) is 2.15. The minimum absolute atomic E-state index is 0.0487. The number of carbonyl (C=O) groups excluding carboxylic acids is 1. The summed E-state index contributed by atoms with van der Waals surface area (Å²) in [5.41, 5.74) is -5.10. The highest BCUT2D eigenvalue weighted by molar-refractivity contribution is 6.00. The molecule has 0 aromatic heterocycles. The van der Waals surface area contributed by atoms with Crippen LogP contribution < -0.4 is 0 Å². The average Bonchev–Trinajstić information content (AvgIpc) is 2.15. The lowest BCUT2D eigenvalue weighted by Gasteiger charge is -2.25. The second-order valence-electron chi connectivity index (χ2n) is 3.02. The van der Waals surface area contributed by atoms with Gasteiger partial charge in [-0.1, -0.05) is 0 Å². The Balaban J connectivity index is 3.52. The van der Waals surface area contributed by atoms with Crippen molar-refractivity contribution in [3.8, 4) is 0 Å². The molecule has 0 aromatic rings. The second-order valence-corrected chi connectivity index (χ2v) is 3.02. The Labute approximate surface area is 91.9 Å². The van der Waals surface area contributed by atoms with Crippen LogP contribution in [0.5, 0.6) is 0 Å². The molecule has 0 saturated carbocycles. The molecule has 0 N–H and O–H groups in total. The van der Waals surface area contributed by atoms with Gasteiger partial charge in [-0.25, -0.2) is 0 Å². The third kappa shape index (κ3) is 1.57. The molecule has 1 heterocycles. The van der Waals surface area contributed by atoms with Crippen LogP contribution in [0.2, 0.25) is 0 Å². The fourth-order valence-corrected chi connectivity index (χ4v) is 1.38. The fraction of sp³-hybridized carbons (Fsp3) is 0.429. The zero-order chi connectivity index (χ0) is 13.3. The quantitative estimate of drug-likeness (QED) is 0.404. The van der Waals surface area contributed by atoms with Crippen LogP contribution in [0.1, 0.15) is 6.42 Å². The Bertz CT molecular complexity index is 431. The first-order valence-electron chi connectivity index (χ1n) is 4.07. The number of rotatable bonds is 4. The molecule has 0 amide bonds. The summed E-state index contributed by atoms with van der Waals surface area (Å²) in [5, 5.41) is 21.3. The van der Waals surface area contributed by atoms with E-state index in [9.17, 15) is 33.8 Å². The maximum Gasteiger partial charge on any atom is 0.562 e. The van der Waals surface area contributed by atoms with Crippen molar-refractivity contribution >= 4 is 12.0 Å². The molecule has 0 atom stereocenters. The Kier molecular flexibility index (Phi) is 2.98. The highest BCUT2D eigenvalue weighted by Gasteiger charge is 2.79. The summed E-state index contributed by atoms with van der Waals surface area (Å²) in [7, 11) is 0. The van der Waals surface area contributed by atoms with Crippen molar-refractivity contribution < 1.29 is 23.4 Å². The van der Waals surface area contributed by atoms with E-state index < -0.39 is 33.6 Å². The molecule has 0 bridgehead atoms. The fourth-order valence-electron chi connectivity index (χ4n) is 1.38. The summed E-state index contributed by atoms with van der Waals surface area (Å²) in [6.07, 6.45) is 0.478. The van der Waals surface area contributed by atoms with Crippen LogP contribution in [0.3, 0.4) is 0 Å². The lowest BCUT2D eigenvalue weighted by atomic mass is 9.93. The van der Waals surface area contributed by atoms with Crippen molar-refractivity contribution in [2.45, 2.75) is 18.0 Å². The van der Waals surface area contributed by atoms with Gasteiger partial charge in [-0.2, -0.15) is 8.78 Å². The van der Waals surface area contributed by atoms with E-state index >= 15 is 0 Å². The summed E-state index contributed by atoms with van der Waals surface area (Å²) in [5.74, 6) is -4.38. The van der Waals surface area contributed by atoms with E-state index in [2.05, 4.69) is 4.99 Å². The van der Waals surface area contributed by atoms with Gasteiger partial charge in [0.25, 0.3) is 0 Å². The van der Waals surface area contributed by atoms with Crippen molar-refractivity contribution in [2.24, 2.45) is 4.99 Å². The lowest BCUT2D eigenvalue weighted by molar-refractivity contribution is -0.792. The number of alkyl halides is 2. The van der Waals surface area contributed by atoms with Crippen LogP contribution in [-0.2, 0) is 4.79 Å². The Morgan fingerprint density at radius 2 is 1.88 bits per heavy atom. The molecule has 1 aliphatic heterocycles. The zero-order valence-electron chi connectivity index (χ0n) is 8.00. The average molecular weight is 248 g/mol. The normalized spacial score (nSPS) is 20.5. The van der Waals surface area contributed by atoms with E-state index in [1.54, 1.807) is 0 Å². The molecule has 0 unspecified atom stereocenters. The minimum atomic E-state index is -4.38. The van der Waals surface area contributed by atoms with Crippen molar-refractivity contribution in [2.75, 3.05) is 0 Å². The maximum absolute atomic E-state index is 13.4. The molecule has 0 spiro atoms. The van der Waals surface area contributed by atoms with E-state index in [1.165, 1.54) is 0 Å². The number of halogens is 2. The first-order chi connectivity index (χ1) is 7.80. The van der Waals surface area contributed by atoms with Crippen LogP contribution in [0.25, 0.3) is 0 Å². The predicted octanol–water partition coefficient (Wildman–Crippen LogP) is 0.339. The van der Waals surface area contributed by atoms with E-state index in [0.29, 0.717) is 6.20 Å². The molecule has 0 aliphatic carbocycles. The Hall–Kier alpha value is -2.26. The molecular weight excluding hydrogens is 244 g/mol. The van der Waals surface area contributed by atoms with Crippen LogP contribution in [0.4, 0.5) is 8.78 Å². The van der Waals surface area contributed by atoms with Gasteiger partial charge in [-0.3, -0.25) is 30.0 Å². The molecule has 1 rings (SSSR count). The molecule has 0 saturated heterocycles. The van der Waals surface area contributed by atoms with Crippen molar-refractivity contribution in [3.05, 3.63) is 32.5 Å². The largest absolute Gasteiger partial charge is 0.562 e. The topological polar surface area (TPSA) is 116 Å². The van der Waals surface area contributed by atoms with Crippen LogP contribution in [-0.4, -0.2) is 33.4 Å².